The molecule has 0 atom stereocenters. The number of aromatic amines is 1. The Balaban J connectivity index is 1.64. The minimum Gasteiger partial charge on any atom is -0.388 e. The highest BCUT2D eigenvalue weighted by Crippen LogP contribution is 2.22. The van der Waals surface area contributed by atoms with Crippen molar-refractivity contribution in [1.82, 2.24) is 10.2 Å². The quantitative estimate of drug-likeness (QED) is 0.496. The molecule has 4 nitrogen and oxygen atoms in total. The van der Waals surface area contributed by atoms with Crippen LogP contribution in [-0.2, 0) is 0 Å². The molecule has 0 fully saturated rings. The van der Waals surface area contributed by atoms with E-state index >= 15 is 0 Å². The summed E-state index contributed by atoms with van der Waals surface area (Å²) in [4.78, 5) is 12.8. The second-order valence-corrected chi connectivity index (χ2v) is 6.27. The van der Waals surface area contributed by atoms with Crippen molar-refractivity contribution in [3.63, 3.8) is 0 Å². The Labute approximate surface area is 157 Å². The van der Waals surface area contributed by atoms with Gasteiger partial charge in [-0.3, -0.25) is 9.89 Å². The summed E-state index contributed by atoms with van der Waals surface area (Å²) >= 11 is 0. The second-order valence-electron chi connectivity index (χ2n) is 6.27. The van der Waals surface area contributed by atoms with Gasteiger partial charge in [0.2, 0.25) is 0 Å². The zero-order valence-electron chi connectivity index (χ0n) is 14.9. The number of aromatic nitrogens is 2. The number of rotatable bonds is 5. The highest BCUT2D eigenvalue weighted by Gasteiger charge is 2.12. The first-order valence-corrected chi connectivity index (χ1v) is 8.78. The predicted molar refractivity (Wildman–Crippen MR) is 111 cm³/mol. The number of benzene rings is 3. The summed E-state index contributed by atoms with van der Waals surface area (Å²) in [6.07, 6.45) is 4.00. The average Bonchev–Trinajstić information content (AvgIpc) is 3.14. The minimum absolute atomic E-state index is 0.00928. The van der Waals surface area contributed by atoms with Gasteiger partial charge in [-0.2, -0.15) is 5.10 Å². The van der Waals surface area contributed by atoms with Crippen LogP contribution in [0.1, 0.15) is 27.2 Å². The van der Waals surface area contributed by atoms with Crippen molar-refractivity contribution in [3.05, 3.63) is 95.2 Å². The first-order valence-electron chi connectivity index (χ1n) is 8.78. The molecule has 0 amide bonds. The minimum atomic E-state index is -0.00928. The largest absolute Gasteiger partial charge is 0.388 e. The maximum Gasteiger partial charge on any atom is 0.193 e. The zero-order valence-corrected chi connectivity index (χ0v) is 14.9. The molecule has 4 aromatic rings. The van der Waals surface area contributed by atoms with Crippen molar-refractivity contribution < 1.29 is 4.79 Å². The van der Waals surface area contributed by atoms with E-state index in [0.717, 1.165) is 27.8 Å². The van der Waals surface area contributed by atoms with E-state index in [1.807, 2.05) is 92.0 Å². The van der Waals surface area contributed by atoms with E-state index in [1.165, 1.54) is 0 Å². The summed E-state index contributed by atoms with van der Waals surface area (Å²) < 4.78 is 0. The number of ketones is 1. The summed E-state index contributed by atoms with van der Waals surface area (Å²) in [5, 5.41) is 11.5. The fraction of sp³-hybridized carbons (Fsp3) is 0.0435. The summed E-state index contributed by atoms with van der Waals surface area (Å²) in [7, 11) is 1.84. The summed E-state index contributed by atoms with van der Waals surface area (Å²) in [6.45, 7) is 0. The molecule has 0 spiro atoms. The number of hydrogen-bond acceptors (Lipinski definition) is 3. The van der Waals surface area contributed by atoms with Crippen molar-refractivity contribution in [2.24, 2.45) is 0 Å². The number of H-pyrrole nitrogens is 1. The van der Waals surface area contributed by atoms with Crippen LogP contribution in [0.15, 0.2) is 72.8 Å². The molecule has 0 aliphatic heterocycles. The van der Waals surface area contributed by atoms with Crippen molar-refractivity contribution in [3.8, 4) is 0 Å². The molecular formula is C23H19N3O. The van der Waals surface area contributed by atoms with Gasteiger partial charge in [-0.05, 0) is 35.9 Å². The molecular weight excluding hydrogens is 334 g/mol. The molecule has 132 valence electrons. The molecule has 1 aromatic heterocycles. The molecule has 2 N–H and O–H groups in total. The summed E-state index contributed by atoms with van der Waals surface area (Å²) in [5.74, 6) is -0.00928. The summed E-state index contributed by atoms with van der Waals surface area (Å²) in [5.41, 5.74) is 5.02. The number of fused-ring (bicyclic) bond motifs is 1. The predicted octanol–water partition coefficient (Wildman–Crippen LogP) is 5.01. The van der Waals surface area contributed by atoms with Crippen LogP contribution in [-0.4, -0.2) is 23.0 Å². The molecule has 27 heavy (non-hydrogen) atoms. The van der Waals surface area contributed by atoms with Gasteiger partial charge in [0.25, 0.3) is 0 Å². The number of nitrogens with zero attached hydrogens (tertiary/aromatic N) is 1. The standard InChI is InChI=1S/C23H19N3O/c1-24-19-9-5-8-17(14-19)23(27)18-11-12-20-21(25-26-22(20)15-18)13-10-16-6-3-2-4-7-16/h2-15,24H,1H3,(H,25,26)/b13-10+. The van der Waals surface area contributed by atoms with Gasteiger partial charge in [0.15, 0.2) is 5.78 Å². The Bertz CT molecular complexity index is 1130. The second kappa shape index (κ2) is 7.30. The maximum absolute atomic E-state index is 12.8. The number of anilines is 1. The van der Waals surface area contributed by atoms with E-state index in [1.54, 1.807) is 0 Å². The van der Waals surface area contributed by atoms with Gasteiger partial charge in [0, 0.05) is 29.2 Å². The number of carbonyl (C=O) groups excluding carboxylic acids is 1. The molecule has 0 bridgehead atoms. The van der Waals surface area contributed by atoms with Crippen LogP contribution in [0, 0.1) is 0 Å². The van der Waals surface area contributed by atoms with Crippen molar-refractivity contribution in [1.29, 1.82) is 0 Å². The van der Waals surface area contributed by atoms with E-state index in [2.05, 4.69) is 15.5 Å². The molecule has 0 saturated carbocycles. The van der Waals surface area contributed by atoms with Crippen molar-refractivity contribution >= 4 is 34.5 Å². The Hall–Kier alpha value is -3.66. The molecule has 0 unspecified atom stereocenters. The lowest BCUT2D eigenvalue weighted by atomic mass is 10.0. The molecule has 0 aliphatic carbocycles. The zero-order chi connectivity index (χ0) is 18.6. The molecule has 0 aliphatic rings. The average molecular weight is 353 g/mol. The number of hydrogen-bond donors (Lipinski definition) is 2. The van der Waals surface area contributed by atoms with Crippen LogP contribution in [0.2, 0.25) is 0 Å². The van der Waals surface area contributed by atoms with Crippen LogP contribution < -0.4 is 5.32 Å². The maximum atomic E-state index is 12.8. The van der Waals surface area contributed by atoms with Crippen molar-refractivity contribution in [2.45, 2.75) is 0 Å². The lowest BCUT2D eigenvalue weighted by molar-refractivity contribution is 0.103. The topological polar surface area (TPSA) is 57.8 Å². The molecule has 4 rings (SSSR count). The van der Waals surface area contributed by atoms with Crippen LogP contribution in [0.5, 0.6) is 0 Å². The lowest BCUT2D eigenvalue weighted by Crippen LogP contribution is -2.02. The van der Waals surface area contributed by atoms with Gasteiger partial charge in [0.1, 0.15) is 0 Å². The third-order valence-electron chi connectivity index (χ3n) is 4.50. The van der Waals surface area contributed by atoms with Gasteiger partial charge in [0.05, 0.1) is 11.2 Å². The number of carbonyl (C=O) groups is 1. The van der Waals surface area contributed by atoms with Gasteiger partial charge in [-0.1, -0.05) is 54.6 Å². The Morgan fingerprint density at radius 1 is 0.926 bits per heavy atom. The highest BCUT2D eigenvalue weighted by molar-refractivity contribution is 6.11. The molecule has 4 heteroatoms. The molecule has 0 saturated heterocycles. The van der Waals surface area contributed by atoms with E-state index < -0.39 is 0 Å². The molecule has 3 aromatic carbocycles. The first-order chi connectivity index (χ1) is 13.2. The highest BCUT2D eigenvalue weighted by atomic mass is 16.1. The van der Waals surface area contributed by atoms with Crippen LogP contribution >= 0.6 is 0 Å². The van der Waals surface area contributed by atoms with Crippen LogP contribution in [0.25, 0.3) is 23.1 Å². The first kappa shape index (κ1) is 16.8. The Morgan fingerprint density at radius 3 is 2.56 bits per heavy atom. The Kier molecular flexibility index (Phi) is 4.54. The van der Waals surface area contributed by atoms with Gasteiger partial charge in [-0.25, -0.2) is 0 Å². The van der Waals surface area contributed by atoms with Crippen LogP contribution in [0.3, 0.4) is 0 Å². The van der Waals surface area contributed by atoms with E-state index in [-0.39, 0.29) is 5.78 Å². The Morgan fingerprint density at radius 2 is 1.74 bits per heavy atom. The molecule has 1 heterocycles. The van der Waals surface area contributed by atoms with E-state index in [0.29, 0.717) is 11.1 Å². The number of nitrogens with one attached hydrogen (secondary N) is 2. The van der Waals surface area contributed by atoms with Gasteiger partial charge >= 0.3 is 0 Å². The van der Waals surface area contributed by atoms with Crippen LogP contribution in [0.4, 0.5) is 5.69 Å². The monoisotopic (exact) mass is 353 g/mol. The fourth-order valence-electron chi connectivity index (χ4n) is 3.03. The van der Waals surface area contributed by atoms with Gasteiger partial charge < -0.3 is 5.32 Å². The van der Waals surface area contributed by atoms with Gasteiger partial charge in [-0.15, -0.1) is 0 Å². The molecule has 0 radical (unpaired) electrons. The normalized spacial score (nSPS) is 11.1. The third kappa shape index (κ3) is 3.51. The van der Waals surface area contributed by atoms with E-state index in [9.17, 15) is 4.79 Å². The smallest absolute Gasteiger partial charge is 0.193 e. The summed E-state index contributed by atoms with van der Waals surface area (Å²) in [6, 6.07) is 23.2. The van der Waals surface area contributed by atoms with E-state index in [4.69, 9.17) is 0 Å². The fourth-order valence-corrected chi connectivity index (χ4v) is 3.03. The third-order valence-corrected chi connectivity index (χ3v) is 4.50. The lowest BCUT2D eigenvalue weighted by Gasteiger charge is -2.04. The van der Waals surface area contributed by atoms with Crippen molar-refractivity contribution in [2.75, 3.05) is 12.4 Å². The SMILES string of the molecule is CNc1cccc(C(=O)c2ccc3c(/C=C/c4ccccc4)n[nH]c3c2)c1.